The van der Waals surface area contributed by atoms with Gasteiger partial charge >= 0.3 is 0 Å². The van der Waals surface area contributed by atoms with Crippen LogP contribution in [0, 0.1) is 5.92 Å². The second kappa shape index (κ2) is 6.46. The van der Waals surface area contributed by atoms with Gasteiger partial charge in [0.2, 0.25) is 0 Å². The maximum atomic E-state index is 5.61. The summed E-state index contributed by atoms with van der Waals surface area (Å²) in [5.74, 6) is 1.94. The van der Waals surface area contributed by atoms with Crippen LogP contribution in [-0.2, 0) is 0 Å². The van der Waals surface area contributed by atoms with Crippen LogP contribution in [0.3, 0.4) is 0 Å². The van der Waals surface area contributed by atoms with E-state index in [1.165, 1.54) is 24.8 Å². The number of nitrogens with zero attached hydrogens (tertiary/aromatic N) is 1. The van der Waals surface area contributed by atoms with Gasteiger partial charge in [-0.1, -0.05) is 28.8 Å². The Morgan fingerprint density at radius 1 is 1.35 bits per heavy atom. The smallest absolute Gasteiger partial charge is 0.123 e. The number of halogens is 1. The first kappa shape index (κ1) is 14.4. The lowest BCUT2D eigenvalue weighted by atomic mass is 9.97. The van der Waals surface area contributed by atoms with Crippen LogP contribution >= 0.6 is 15.9 Å². The molecular weight excluding hydrogens is 316 g/mol. The third kappa shape index (κ3) is 3.35. The summed E-state index contributed by atoms with van der Waals surface area (Å²) < 4.78 is 6.75. The summed E-state index contributed by atoms with van der Waals surface area (Å²) in [7, 11) is 1.78. The first-order chi connectivity index (χ1) is 9.78. The van der Waals surface area contributed by atoms with Gasteiger partial charge in [0.25, 0.3) is 0 Å². The zero-order valence-corrected chi connectivity index (χ0v) is 13.7. The van der Waals surface area contributed by atoms with Crippen LogP contribution < -0.4 is 10.1 Å². The third-order valence-electron chi connectivity index (χ3n) is 4.40. The second-order valence-electron chi connectivity index (χ2n) is 5.87. The summed E-state index contributed by atoms with van der Waals surface area (Å²) >= 11 is 3.61. The molecule has 0 radical (unpaired) electrons. The van der Waals surface area contributed by atoms with Crippen LogP contribution in [0.5, 0.6) is 5.75 Å². The molecule has 0 unspecified atom stereocenters. The van der Waals surface area contributed by atoms with Gasteiger partial charge < -0.3 is 10.1 Å². The minimum atomic E-state index is 0.497. The monoisotopic (exact) mass is 338 g/mol. The standard InChI is InChI=1S/C16H23BrN2O/c1-20-16-5-4-13(17)11-14(16)15(10-12-2-3-12)19-8-6-18-7-9-19/h4-5,11-12,15,18H,2-3,6-10H2,1H3/t15-/m0/s1. The summed E-state index contributed by atoms with van der Waals surface area (Å²) in [6.07, 6.45) is 4.07. The van der Waals surface area contributed by atoms with Gasteiger partial charge in [-0.3, -0.25) is 4.90 Å². The molecule has 1 N–H and O–H groups in total. The van der Waals surface area contributed by atoms with Crippen LogP contribution in [-0.4, -0.2) is 38.2 Å². The Hall–Kier alpha value is -0.580. The third-order valence-corrected chi connectivity index (χ3v) is 4.89. The first-order valence-corrected chi connectivity index (χ1v) is 8.35. The Morgan fingerprint density at radius 3 is 2.75 bits per heavy atom. The van der Waals surface area contributed by atoms with Gasteiger partial charge in [0.05, 0.1) is 7.11 Å². The van der Waals surface area contributed by atoms with E-state index >= 15 is 0 Å². The average Bonchev–Trinajstić information content (AvgIpc) is 3.30. The first-order valence-electron chi connectivity index (χ1n) is 7.56. The molecule has 1 saturated carbocycles. The Labute approximate surface area is 129 Å². The summed E-state index contributed by atoms with van der Waals surface area (Å²) in [6.45, 7) is 4.45. The molecular formula is C16H23BrN2O. The van der Waals surface area contributed by atoms with Gasteiger partial charge in [0, 0.05) is 42.3 Å². The number of hydrogen-bond donors (Lipinski definition) is 1. The lowest BCUT2D eigenvalue weighted by Gasteiger charge is -2.36. The largest absolute Gasteiger partial charge is 0.496 e. The van der Waals surface area contributed by atoms with Crippen LogP contribution in [0.4, 0.5) is 0 Å². The van der Waals surface area contributed by atoms with Crippen molar-refractivity contribution < 1.29 is 4.74 Å². The normalized spacial score (nSPS) is 21.7. The van der Waals surface area contributed by atoms with Gasteiger partial charge in [-0.2, -0.15) is 0 Å². The molecule has 1 heterocycles. The SMILES string of the molecule is COc1ccc(Br)cc1[C@H](CC1CC1)N1CCNCC1. The average molecular weight is 339 g/mol. The number of methoxy groups -OCH3 is 1. The Bertz CT molecular complexity index is 456. The second-order valence-corrected chi connectivity index (χ2v) is 6.78. The van der Waals surface area contributed by atoms with Gasteiger partial charge in [0.1, 0.15) is 5.75 Å². The maximum Gasteiger partial charge on any atom is 0.123 e. The van der Waals surface area contributed by atoms with Gasteiger partial charge in [0.15, 0.2) is 0 Å². The van der Waals surface area contributed by atoms with Crippen molar-refractivity contribution >= 4 is 15.9 Å². The number of hydrogen-bond acceptors (Lipinski definition) is 3. The molecule has 2 fully saturated rings. The molecule has 1 aromatic carbocycles. The van der Waals surface area contributed by atoms with E-state index in [9.17, 15) is 0 Å². The van der Waals surface area contributed by atoms with E-state index in [4.69, 9.17) is 4.74 Å². The summed E-state index contributed by atoms with van der Waals surface area (Å²) in [6, 6.07) is 6.89. The van der Waals surface area contributed by atoms with Crippen molar-refractivity contribution in [2.24, 2.45) is 5.92 Å². The molecule has 110 valence electrons. The van der Waals surface area contributed by atoms with Crippen molar-refractivity contribution in [3.8, 4) is 5.75 Å². The Morgan fingerprint density at radius 2 is 2.10 bits per heavy atom. The molecule has 2 aliphatic rings. The fourth-order valence-electron chi connectivity index (χ4n) is 3.10. The van der Waals surface area contributed by atoms with Crippen molar-refractivity contribution in [2.75, 3.05) is 33.3 Å². The van der Waals surface area contributed by atoms with Crippen molar-refractivity contribution in [1.82, 2.24) is 10.2 Å². The zero-order chi connectivity index (χ0) is 13.9. The van der Waals surface area contributed by atoms with E-state index < -0.39 is 0 Å². The quantitative estimate of drug-likeness (QED) is 0.892. The molecule has 0 bridgehead atoms. The van der Waals surface area contributed by atoms with Crippen LogP contribution in [0.25, 0.3) is 0 Å². The van der Waals surface area contributed by atoms with E-state index in [1.807, 2.05) is 0 Å². The summed E-state index contributed by atoms with van der Waals surface area (Å²) in [5, 5.41) is 3.45. The molecule has 0 amide bonds. The van der Waals surface area contributed by atoms with Gasteiger partial charge in [-0.15, -0.1) is 0 Å². The Kier molecular flexibility index (Phi) is 4.64. The lowest BCUT2D eigenvalue weighted by Crippen LogP contribution is -2.45. The van der Waals surface area contributed by atoms with E-state index in [2.05, 4.69) is 44.3 Å². The maximum absolute atomic E-state index is 5.61. The van der Waals surface area contributed by atoms with Gasteiger partial charge in [-0.25, -0.2) is 0 Å². The van der Waals surface area contributed by atoms with Crippen molar-refractivity contribution in [3.63, 3.8) is 0 Å². The predicted octanol–water partition coefficient (Wildman–Crippen LogP) is 3.20. The van der Waals surface area contributed by atoms with Crippen LogP contribution in [0.2, 0.25) is 0 Å². The minimum Gasteiger partial charge on any atom is -0.496 e. The molecule has 3 rings (SSSR count). The fraction of sp³-hybridized carbons (Fsp3) is 0.625. The van der Waals surface area contributed by atoms with Crippen LogP contribution in [0.15, 0.2) is 22.7 Å². The molecule has 0 spiro atoms. The zero-order valence-electron chi connectivity index (χ0n) is 12.1. The minimum absolute atomic E-state index is 0.497. The molecule has 1 aliphatic carbocycles. The van der Waals surface area contributed by atoms with Crippen molar-refractivity contribution in [2.45, 2.75) is 25.3 Å². The molecule has 3 nitrogen and oxygen atoms in total. The lowest BCUT2D eigenvalue weighted by molar-refractivity contribution is 0.158. The highest BCUT2D eigenvalue weighted by Crippen LogP contribution is 2.43. The number of ether oxygens (including phenoxy) is 1. The number of nitrogens with one attached hydrogen (secondary N) is 1. The van der Waals surface area contributed by atoms with Gasteiger partial charge in [-0.05, 0) is 30.5 Å². The number of rotatable bonds is 5. The molecule has 20 heavy (non-hydrogen) atoms. The van der Waals surface area contributed by atoms with E-state index in [-0.39, 0.29) is 0 Å². The van der Waals surface area contributed by atoms with E-state index in [0.717, 1.165) is 42.3 Å². The highest BCUT2D eigenvalue weighted by molar-refractivity contribution is 9.10. The predicted molar refractivity (Wildman–Crippen MR) is 85.2 cm³/mol. The van der Waals surface area contributed by atoms with E-state index in [1.54, 1.807) is 7.11 Å². The van der Waals surface area contributed by atoms with Crippen LogP contribution in [0.1, 0.15) is 30.9 Å². The van der Waals surface area contributed by atoms with Crippen molar-refractivity contribution in [1.29, 1.82) is 0 Å². The topological polar surface area (TPSA) is 24.5 Å². The highest BCUT2D eigenvalue weighted by Gasteiger charge is 2.31. The molecule has 4 heteroatoms. The molecule has 1 atom stereocenters. The highest BCUT2D eigenvalue weighted by atomic mass is 79.9. The summed E-state index contributed by atoms with van der Waals surface area (Å²) in [5.41, 5.74) is 1.34. The van der Waals surface area contributed by atoms with Crippen molar-refractivity contribution in [3.05, 3.63) is 28.2 Å². The number of benzene rings is 1. The molecule has 0 aromatic heterocycles. The molecule has 1 aromatic rings. The number of piperazine rings is 1. The summed E-state index contributed by atoms with van der Waals surface area (Å²) in [4.78, 5) is 2.62. The molecule has 1 aliphatic heterocycles. The van der Waals surface area contributed by atoms with E-state index in [0.29, 0.717) is 6.04 Å². The fourth-order valence-corrected chi connectivity index (χ4v) is 3.48. The Balaban J connectivity index is 1.88. The molecule has 1 saturated heterocycles.